The Balaban J connectivity index is 1.74. The van der Waals surface area contributed by atoms with Gasteiger partial charge in [0.05, 0.1) is 6.04 Å². The van der Waals surface area contributed by atoms with E-state index in [1.54, 1.807) is 11.3 Å². The van der Waals surface area contributed by atoms with E-state index in [0.717, 1.165) is 24.9 Å². The summed E-state index contributed by atoms with van der Waals surface area (Å²) in [4.78, 5) is 13.5. The molecule has 0 saturated carbocycles. The fraction of sp³-hybridized carbons (Fsp3) is 0.312. The molecule has 0 bridgehead atoms. The monoisotopic (exact) mass is 286 g/mol. The van der Waals surface area contributed by atoms with Gasteiger partial charge in [0.2, 0.25) is 0 Å². The topological polar surface area (TPSA) is 41.1 Å². The molecule has 3 nitrogen and oxygen atoms in total. The second-order valence-electron chi connectivity index (χ2n) is 5.11. The Labute approximate surface area is 123 Å². The van der Waals surface area contributed by atoms with Gasteiger partial charge >= 0.3 is 0 Å². The molecular weight excluding hydrogens is 268 g/mol. The molecule has 4 heteroatoms. The molecule has 1 aliphatic heterocycles. The smallest absolute Gasteiger partial charge is 0.251 e. The highest BCUT2D eigenvalue weighted by molar-refractivity contribution is 7.10. The quantitative estimate of drug-likeness (QED) is 0.905. The van der Waals surface area contributed by atoms with Crippen molar-refractivity contribution < 1.29 is 4.79 Å². The lowest BCUT2D eigenvalue weighted by molar-refractivity contribution is 0.0940. The predicted octanol–water partition coefficient (Wildman–Crippen LogP) is 3.60. The number of aryl methyl sites for hydroxylation is 1. The fourth-order valence-corrected chi connectivity index (χ4v) is 3.24. The van der Waals surface area contributed by atoms with Crippen LogP contribution >= 0.6 is 11.3 Å². The minimum Gasteiger partial charge on any atom is -0.385 e. The summed E-state index contributed by atoms with van der Waals surface area (Å²) >= 11 is 1.67. The zero-order chi connectivity index (χ0) is 13.9. The Kier molecular flexibility index (Phi) is 3.74. The number of benzene rings is 1. The van der Waals surface area contributed by atoms with Gasteiger partial charge in [0, 0.05) is 22.7 Å². The first-order chi connectivity index (χ1) is 9.74. The first kappa shape index (κ1) is 13.2. The number of hydrogen-bond donors (Lipinski definition) is 2. The Morgan fingerprint density at radius 2 is 2.30 bits per heavy atom. The first-order valence-corrected chi connectivity index (χ1v) is 7.83. The van der Waals surface area contributed by atoms with Crippen molar-refractivity contribution in [1.29, 1.82) is 0 Å². The number of thiophene rings is 1. The van der Waals surface area contributed by atoms with Gasteiger partial charge < -0.3 is 10.6 Å². The lowest BCUT2D eigenvalue weighted by atomic mass is 10.0. The highest BCUT2D eigenvalue weighted by Gasteiger charge is 2.15. The van der Waals surface area contributed by atoms with Gasteiger partial charge in [0.1, 0.15) is 0 Å². The van der Waals surface area contributed by atoms with Crippen LogP contribution in [0.1, 0.15) is 40.2 Å². The molecule has 1 aromatic carbocycles. The maximum absolute atomic E-state index is 12.3. The zero-order valence-electron chi connectivity index (χ0n) is 11.5. The van der Waals surface area contributed by atoms with Crippen LogP contribution in [0.2, 0.25) is 0 Å². The first-order valence-electron chi connectivity index (χ1n) is 6.95. The summed E-state index contributed by atoms with van der Waals surface area (Å²) in [7, 11) is 0. The van der Waals surface area contributed by atoms with E-state index in [2.05, 4.69) is 10.6 Å². The van der Waals surface area contributed by atoms with Gasteiger partial charge in [-0.2, -0.15) is 0 Å². The summed E-state index contributed by atoms with van der Waals surface area (Å²) in [6.07, 6.45) is 2.17. The van der Waals surface area contributed by atoms with Crippen LogP contribution in [0.25, 0.3) is 0 Å². The zero-order valence-corrected chi connectivity index (χ0v) is 12.3. The molecule has 0 aliphatic carbocycles. The summed E-state index contributed by atoms with van der Waals surface area (Å²) < 4.78 is 0. The van der Waals surface area contributed by atoms with Crippen LogP contribution in [-0.4, -0.2) is 12.5 Å². The number of carbonyl (C=O) groups excluding carboxylic acids is 1. The fourth-order valence-electron chi connectivity index (χ4n) is 2.50. The number of hydrogen-bond acceptors (Lipinski definition) is 3. The highest BCUT2D eigenvalue weighted by atomic mass is 32.1. The van der Waals surface area contributed by atoms with Crippen LogP contribution in [0.5, 0.6) is 0 Å². The van der Waals surface area contributed by atoms with Gasteiger partial charge in [-0.25, -0.2) is 0 Å². The highest BCUT2D eigenvalue weighted by Crippen LogP contribution is 2.24. The number of amides is 1. The van der Waals surface area contributed by atoms with Crippen LogP contribution in [-0.2, 0) is 6.42 Å². The molecule has 2 heterocycles. The molecule has 104 valence electrons. The van der Waals surface area contributed by atoms with E-state index in [0.29, 0.717) is 0 Å². The van der Waals surface area contributed by atoms with Crippen LogP contribution in [0.4, 0.5) is 5.69 Å². The van der Waals surface area contributed by atoms with Gasteiger partial charge in [-0.3, -0.25) is 4.79 Å². The van der Waals surface area contributed by atoms with Gasteiger partial charge in [-0.1, -0.05) is 6.07 Å². The second-order valence-corrected chi connectivity index (χ2v) is 6.09. The van der Waals surface area contributed by atoms with E-state index in [1.807, 2.05) is 42.6 Å². The summed E-state index contributed by atoms with van der Waals surface area (Å²) in [5.41, 5.74) is 3.16. The predicted molar refractivity (Wildman–Crippen MR) is 83.5 cm³/mol. The number of anilines is 1. The maximum atomic E-state index is 12.3. The molecule has 1 amide bonds. The Morgan fingerprint density at radius 1 is 1.40 bits per heavy atom. The molecule has 2 N–H and O–H groups in total. The van der Waals surface area contributed by atoms with Crippen molar-refractivity contribution in [3.8, 4) is 0 Å². The molecule has 0 radical (unpaired) electrons. The van der Waals surface area contributed by atoms with E-state index >= 15 is 0 Å². The van der Waals surface area contributed by atoms with E-state index in [1.165, 1.54) is 16.1 Å². The maximum Gasteiger partial charge on any atom is 0.251 e. The third kappa shape index (κ3) is 2.70. The molecule has 0 spiro atoms. The molecule has 0 saturated heterocycles. The summed E-state index contributed by atoms with van der Waals surface area (Å²) in [5, 5.41) is 8.45. The standard InChI is InChI=1S/C16H18N2OS/c1-11(15-5-3-9-20-15)18-16(19)13-6-7-14-12(10-13)4-2-8-17-14/h3,5-7,9-11,17H,2,4,8H2,1H3,(H,18,19). The van der Waals surface area contributed by atoms with Crippen LogP contribution in [0, 0.1) is 0 Å². The number of nitrogens with one attached hydrogen (secondary N) is 2. The molecule has 2 aromatic rings. The average Bonchev–Trinajstić information content (AvgIpc) is 3.01. The minimum absolute atomic E-state index is 0.000673. The van der Waals surface area contributed by atoms with Crippen LogP contribution in [0.3, 0.4) is 0 Å². The van der Waals surface area contributed by atoms with Crippen LogP contribution in [0.15, 0.2) is 35.7 Å². The van der Waals surface area contributed by atoms with Crippen molar-refractivity contribution in [2.45, 2.75) is 25.8 Å². The Bertz CT molecular complexity index is 607. The van der Waals surface area contributed by atoms with Gasteiger partial charge in [-0.05, 0) is 55.0 Å². The van der Waals surface area contributed by atoms with E-state index < -0.39 is 0 Å². The van der Waals surface area contributed by atoms with E-state index in [9.17, 15) is 4.79 Å². The molecule has 0 fully saturated rings. The van der Waals surface area contributed by atoms with Crippen molar-refractivity contribution in [1.82, 2.24) is 5.32 Å². The van der Waals surface area contributed by atoms with Crippen molar-refractivity contribution >= 4 is 22.9 Å². The average molecular weight is 286 g/mol. The van der Waals surface area contributed by atoms with Gasteiger partial charge in [0.25, 0.3) is 5.91 Å². The molecule has 1 atom stereocenters. The largest absolute Gasteiger partial charge is 0.385 e. The van der Waals surface area contributed by atoms with Gasteiger partial charge in [0.15, 0.2) is 0 Å². The summed E-state index contributed by atoms with van der Waals surface area (Å²) in [6.45, 7) is 3.04. The number of fused-ring (bicyclic) bond motifs is 1. The van der Waals surface area contributed by atoms with Crippen LogP contribution < -0.4 is 10.6 Å². The Hall–Kier alpha value is -1.81. The number of carbonyl (C=O) groups is 1. The summed E-state index contributed by atoms with van der Waals surface area (Å²) in [5.74, 6) is -0.000673. The van der Waals surface area contributed by atoms with Crippen molar-refractivity contribution in [3.05, 3.63) is 51.7 Å². The van der Waals surface area contributed by atoms with Crippen molar-refractivity contribution in [2.24, 2.45) is 0 Å². The third-order valence-corrected chi connectivity index (χ3v) is 4.68. The molecule has 1 aliphatic rings. The SMILES string of the molecule is CC(NC(=O)c1ccc2c(c1)CCCN2)c1cccs1. The third-order valence-electron chi connectivity index (χ3n) is 3.62. The molecule has 3 rings (SSSR count). The molecule has 1 aromatic heterocycles. The normalized spacial score (nSPS) is 15.1. The van der Waals surface area contributed by atoms with E-state index in [-0.39, 0.29) is 11.9 Å². The Morgan fingerprint density at radius 3 is 3.10 bits per heavy atom. The second kappa shape index (κ2) is 5.67. The number of rotatable bonds is 3. The van der Waals surface area contributed by atoms with Gasteiger partial charge in [-0.15, -0.1) is 11.3 Å². The van der Waals surface area contributed by atoms with E-state index in [4.69, 9.17) is 0 Å². The summed E-state index contributed by atoms with van der Waals surface area (Å²) in [6, 6.07) is 10.0. The minimum atomic E-state index is -0.000673. The van der Waals surface area contributed by atoms with Crippen molar-refractivity contribution in [3.63, 3.8) is 0 Å². The molecule has 20 heavy (non-hydrogen) atoms. The lowest BCUT2D eigenvalue weighted by Gasteiger charge is -2.19. The molecular formula is C16H18N2OS. The molecule has 1 unspecified atom stereocenters. The lowest BCUT2D eigenvalue weighted by Crippen LogP contribution is -2.26. The van der Waals surface area contributed by atoms with Crippen molar-refractivity contribution in [2.75, 3.05) is 11.9 Å².